The van der Waals surface area contributed by atoms with Gasteiger partial charge in [0.05, 0.1) is 18.7 Å². The van der Waals surface area contributed by atoms with E-state index in [1.807, 2.05) is 6.92 Å². The highest BCUT2D eigenvalue weighted by atomic mass is 16.5. The van der Waals surface area contributed by atoms with Crippen molar-refractivity contribution in [1.82, 2.24) is 20.0 Å². The largest absolute Gasteiger partial charge is 0.469 e. The van der Waals surface area contributed by atoms with E-state index in [-0.39, 0.29) is 11.9 Å². The molecule has 1 fully saturated rings. The number of aryl methyl sites for hydroxylation is 2. The first-order valence-corrected chi connectivity index (χ1v) is 9.56. The molecular formula is C19H33N5O2. The number of carbonyl (C=O) groups is 1. The minimum atomic E-state index is -0.0925. The molecule has 1 unspecified atom stereocenters. The van der Waals surface area contributed by atoms with Crippen LogP contribution in [-0.4, -0.2) is 59.9 Å². The van der Waals surface area contributed by atoms with Gasteiger partial charge in [0, 0.05) is 38.4 Å². The smallest absolute Gasteiger partial charge is 0.308 e. The number of piperidine rings is 1. The zero-order valence-electron chi connectivity index (χ0n) is 16.8. The van der Waals surface area contributed by atoms with Crippen molar-refractivity contribution in [2.24, 2.45) is 16.8 Å². The van der Waals surface area contributed by atoms with Crippen LogP contribution in [0.25, 0.3) is 0 Å². The number of guanidine groups is 1. The van der Waals surface area contributed by atoms with Crippen molar-refractivity contribution in [3.05, 3.63) is 17.5 Å². The number of nitrogens with zero attached hydrogens (tertiary/aromatic N) is 4. The Bertz CT molecular complexity index is 617. The maximum atomic E-state index is 11.7. The Labute approximate surface area is 156 Å². The van der Waals surface area contributed by atoms with Gasteiger partial charge in [-0.25, -0.2) is 0 Å². The summed E-state index contributed by atoms with van der Waals surface area (Å²) in [6, 6.07) is 2.10. The fraction of sp³-hybridized carbons (Fsp3) is 0.737. The predicted molar refractivity (Wildman–Crippen MR) is 103 cm³/mol. The highest BCUT2D eigenvalue weighted by Crippen LogP contribution is 2.18. The number of aliphatic imine (C=N–C) groups is 1. The Morgan fingerprint density at radius 3 is 2.65 bits per heavy atom. The van der Waals surface area contributed by atoms with Crippen molar-refractivity contribution in [2.75, 3.05) is 33.3 Å². The van der Waals surface area contributed by atoms with Crippen molar-refractivity contribution in [2.45, 2.75) is 47.1 Å². The standard InChI is InChI=1S/C19H33N5O2/c1-6-20-19(23-9-7-17(8-10-23)18(25)26-5)21-12-14(2)13-24-16(4)11-15(3)22-24/h11,14,17H,6-10,12-13H2,1-5H3,(H,20,21). The summed E-state index contributed by atoms with van der Waals surface area (Å²) >= 11 is 0. The lowest BCUT2D eigenvalue weighted by Gasteiger charge is -2.33. The number of ether oxygens (including phenoxy) is 1. The van der Waals surface area contributed by atoms with Crippen LogP contribution in [0.1, 0.15) is 38.1 Å². The van der Waals surface area contributed by atoms with Gasteiger partial charge in [0.25, 0.3) is 0 Å². The number of aromatic nitrogens is 2. The Balaban J connectivity index is 1.92. The van der Waals surface area contributed by atoms with Gasteiger partial charge in [0.2, 0.25) is 0 Å². The van der Waals surface area contributed by atoms with Crippen molar-refractivity contribution in [1.29, 1.82) is 0 Å². The molecule has 26 heavy (non-hydrogen) atoms. The third kappa shape index (κ3) is 5.47. The SMILES string of the molecule is CCNC(=NCC(C)Cn1nc(C)cc1C)N1CCC(C(=O)OC)CC1. The Morgan fingerprint density at radius 1 is 1.42 bits per heavy atom. The summed E-state index contributed by atoms with van der Waals surface area (Å²) in [6.45, 7) is 12.5. The zero-order valence-corrected chi connectivity index (χ0v) is 16.8. The summed E-state index contributed by atoms with van der Waals surface area (Å²) in [5, 5.41) is 7.92. The van der Waals surface area contributed by atoms with Crippen LogP contribution in [0.4, 0.5) is 0 Å². The van der Waals surface area contributed by atoms with Crippen molar-refractivity contribution in [3.63, 3.8) is 0 Å². The molecule has 0 aromatic carbocycles. The molecule has 0 spiro atoms. The molecule has 146 valence electrons. The maximum absolute atomic E-state index is 11.7. The maximum Gasteiger partial charge on any atom is 0.308 e. The van der Waals surface area contributed by atoms with E-state index in [1.165, 1.54) is 12.8 Å². The second kappa shape index (κ2) is 9.59. The number of hydrogen-bond donors (Lipinski definition) is 1. The number of carbonyl (C=O) groups excluding carboxylic acids is 1. The highest BCUT2D eigenvalue weighted by Gasteiger charge is 2.27. The molecule has 1 atom stereocenters. The molecule has 0 aliphatic carbocycles. The molecule has 0 amide bonds. The molecule has 1 aliphatic rings. The van der Waals surface area contributed by atoms with Crippen LogP contribution in [-0.2, 0) is 16.1 Å². The molecule has 1 aliphatic heterocycles. The van der Waals surface area contributed by atoms with E-state index in [1.54, 1.807) is 0 Å². The van der Waals surface area contributed by atoms with Crippen molar-refractivity contribution < 1.29 is 9.53 Å². The number of hydrogen-bond acceptors (Lipinski definition) is 4. The minimum Gasteiger partial charge on any atom is -0.469 e. The lowest BCUT2D eigenvalue weighted by molar-refractivity contribution is -0.146. The lowest BCUT2D eigenvalue weighted by atomic mass is 9.97. The van der Waals surface area contributed by atoms with Crippen molar-refractivity contribution in [3.8, 4) is 0 Å². The van der Waals surface area contributed by atoms with Gasteiger partial charge in [-0.3, -0.25) is 14.5 Å². The first kappa shape index (κ1) is 20.3. The molecule has 2 rings (SSSR count). The summed E-state index contributed by atoms with van der Waals surface area (Å²) in [7, 11) is 1.46. The second-order valence-corrected chi connectivity index (χ2v) is 7.19. The van der Waals surface area contributed by atoms with Gasteiger partial charge < -0.3 is 15.0 Å². The van der Waals surface area contributed by atoms with E-state index in [9.17, 15) is 4.79 Å². The number of nitrogens with one attached hydrogen (secondary N) is 1. The van der Waals surface area contributed by atoms with Crippen LogP contribution in [0.3, 0.4) is 0 Å². The first-order valence-electron chi connectivity index (χ1n) is 9.56. The van der Waals surface area contributed by atoms with E-state index in [4.69, 9.17) is 9.73 Å². The number of esters is 1. The summed E-state index contributed by atoms with van der Waals surface area (Å²) in [5.74, 6) is 1.26. The molecule has 7 nitrogen and oxygen atoms in total. The Hall–Kier alpha value is -2.05. The lowest BCUT2D eigenvalue weighted by Crippen LogP contribution is -2.46. The average Bonchev–Trinajstić information content (AvgIpc) is 2.95. The van der Waals surface area contributed by atoms with E-state index in [0.29, 0.717) is 5.92 Å². The van der Waals surface area contributed by atoms with Crippen LogP contribution in [0.15, 0.2) is 11.1 Å². The molecule has 1 aromatic heterocycles. The fourth-order valence-electron chi connectivity index (χ4n) is 3.37. The zero-order chi connectivity index (χ0) is 19.1. The third-order valence-electron chi connectivity index (χ3n) is 4.80. The number of likely N-dealkylation sites (tertiary alicyclic amines) is 1. The molecule has 0 radical (unpaired) electrons. The van der Waals surface area contributed by atoms with Gasteiger partial charge in [-0.1, -0.05) is 6.92 Å². The molecular weight excluding hydrogens is 330 g/mol. The molecule has 0 saturated carbocycles. The normalized spacial score (nSPS) is 17.3. The van der Waals surface area contributed by atoms with Gasteiger partial charge >= 0.3 is 5.97 Å². The monoisotopic (exact) mass is 363 g/mol. The van der Waals surface area contributed by atoms with Gasteiger partial charge in [0.1, 0.15) is 0 Å². The van der Waals surface area contributed by atoms with Crippen molar-refractivity contribution >= 4 is 11.9 Å². The molecule has 0 bridgehead atoms. The van der Waals surface area contributed by atoms with Crippen LogP contribution in [0.5, 0.6) is 0 Å². The number of methoxy groups -OCH3 is 1. The van der Waals surface area contributed by atoms with E-state index >= 15 is 0 Å². The molecule has 1 aromatic rings. The number of rotatable bonds is 6. The Morgan fingerprint density at radius 2 is 2.12 bits per heavy atom. The molecule has 2 heterocycles. The highest BCUT2D eigenvalue weighted by molar-refractivity contribution is 5.80. The predicted octanol–water partition coefficient (Wildman–Crippen LogP) is 1.99. The fourth-order valence-corrected chi connectivity index (χ4v) is 3.37. The molecule has 7 heteroatoms. The molecule has 1 saturated heterocycles. The van der Waals surface area contributed by atoms with E-state index < -0.39 is 0 Å². The van der Waals surface area contributed by atoms with Crippen LogP contribution < -0.4 is 5.32 Å². The summed E-state index contributed by atoms with van der Waals surface area (Å²) < 4.78 is 6.93. The van der Waals surface area contributed by atoms with E-state index in [2.05, 4.69) is 46.8 Å². The van der Waals surface area contributed by atoms with Crippen LogP contribution in [0, 0.1) is 25.7 Å². The quantitative estimate of drug-likeness (QED) is 0.475. The third-order valence-corrected chi connectivity index (χ3v) is 4.80. The summed E-state index contributed by atoms with van der Waals surface area (Å²) in [6.07, 6.45) is 1.64. The topological polar surface area (TPSA) is 71.8 Å². The van der Waals surface area contributed by atoms with E-state index in [0.717, 1.165) is 57.2 Å². The summed E-state index contributed by atoms with van der Waals surface area (Å²) in [4.78, 5) is 18.8. The Kier molecular flexibility index (Phi) is 7.48. The van der Waals surface area contributed by atoms with Crippen LogP contribution >= 0.6 is 0 Å². The van der Waals surface area contributed by atoms with Gasteiger partial charge in [0.15, 0.2) is 5.96 Å². The van der Waals surface area contributed by atoms with Gasteiger partial charge in [-0.05, 0) is 45.6 Å². The van der Waals surface area contributed by atoms with Crippen LogP contribution in [0.2, 0.25) is 0 Å². The molecule has 1 N–H and O–H groups in total. The second-order valence-electron chi connectivity index (χ2n) is 7.19. The van der Waals surface area contributed by atoms with Gasteiger partial charge in [-0.15, -0.1) is 0 Å². The summed E-state index contributed by atoms with van der Waals surface area (Å²) in [5.41, 5.74) is 2.25. The minimum absolute atomic E-state index is 0.0177. The average molecular weight is 364 g/mol. The first-order chi connectivity index (χ1) is 12.4. The van der Waals surface area contributed by atoms with Gasteiger partial charge in [-0.2, -0.15) is 5.10 Å².